The van der Waals surface area contributed by atoms with Gasteiger partial charge in [-0.1, -0.05) is 0 Å². The molecule has 1 rings (SSSR count). The van der Waals surface area contributed by atoms with Gasteiger partial charge in [-0.05, 0) is 27.7 Å². The third-order valence-corrected chi connectivity index (χ3v) is 2.42. The van der Waals surface area contributed by atoms with E-state index in [0.717, 1.165) is 11.4 Å². The first-order valence-corrected chi connectivity index (χ1v) is 4.51. The van der Waals surface area contributed by atoms with E-state index in [2.05, 4.69) is 9.97 Å². The van der Waals surface area contributed by atoms with E-state index in [1.807, 2.05) is 13.8 Å². The van der Waals surface area contributed by atoms with Crippen molar-refractivity contribution in [2.45, 2.75) is 33.1 Å². The molecule has 0 aromatic carbocycles. The maximum Gasteiger partial charge on any atom is 0.318 e. The van der Waals surface area contributed by atoms with Gasteiger partial charge in [0.15, 0.2) is 0 Å². The minimum atomic E-state index is -0.715. The van der Waals surface area contributed by atoms with Crippen molar-refractivity contribution < 1.29 is 9.53 Å². The summed E-state index contributed by atoms with van der Waals surface area (Å²) in [6.45, 7) is 7.41. The number of esters is 1. The highest BCUT2D eigenvalue weighted by atomic mass is 16.5. The number of aromatic nitrogens is 2. The zero-order valence-corrected chi connectivity index (χ0v) is 9.26. The highest BCUT2D eigenvalue weighted by Gasteiger charge is 2.34. The Labute approximate surface area is 83.7 Å². The topological polar surface area (TPSA) is 55.0 Å². The standard InChI is InChI=1S/C10H16N2O2/c1-6-7(2)12-8(11-6)10(3,4)9(13)14-5/h1-5H3,(H,11,12). The Morgan fingerprint density at radius 1 is 1.43 bits per heavy atom. The van der Waals surface area contributed by atoms with Gasteiger partial charge in [-0.15, -0.1) is 0 Å². The van der Waals surface area contributed by atoms with E-state index in [-0.39, 0.29) is 5.97 Å². The molecular weight excluding hydrogens is 180 g/mol. The molecule has 0 aliphatic rings. The molecule has 0 radical (unpaired) electrons. The minimum Gasteiger partial charge on any atom is -0.468 e. The molecule has 0 fully saturated rings. The molecule has 4 heteroatoms. The Balaban J connectivity index is 3.09. The SMILES string of the molecule is COC(=O)C(C)(C)c1nc(C)c(C)[nH]1. The fourth-order valence-corrected chi connectivity index (χ4v) is 1.20. The van der Waals surface area contributed by atoms with Crippen LogP contribution in [-0.4, -0.2) is 23.0 Å². The monoisotopic (exact) mass is 196 g/mol. The lowest BCUT2D eigenvalue weighted by Gasteiger charge is -2.18. The molecule has 1 aromatic heterocycles. The Hall–Kier alpha value is -1.32. The molecule has 0 amide bonds. The van der Waals surface area contributed by atoms with E-state index < -0.39 is 5.41 Å². The summed E-state index contributed by atoms with van der Waals surface area (Å²) in [4.78, 5) is 18.9. The second kappa shape index (κ2) is 3.44. The van der Waals surface area contributed by atoms with Gasteiger partial charge in [-0.3, -0.25) is 4.79 Å². The lowest BCUT2D eigenvalue weighted by Crippen LogP contribution is -2.31. The fraction of sp³-hybridized carbons (Fsp3) is 0.600. The van der Waals surface area contributed by atoms with Crippen molar-refractivity contribution in [2.24, 2.45) is 0 Å². The van der Waals surface area contributed by atoms with Gasteiger partial charge in [0.05, 0.1) is 12.8 Å². The van der Waals surface area contributed by atoms with E-state index in [1.165, 1.54) is 7.11 Å². The van der Waals surface area contributed by atoms with Gasteiger partial charge in [0.1, 0.15) is 11.2 Å². The summed E-state index contributed by atoms with van der Waals surface area (Å²) in [5.41, 5.74) is 1.18. The molecule has 1 N–H and O–H groups in total. The number of imidazole rings is 1. The molecule has 0 saturated heterocycles. The normalized spacial score (nSPS) is 11.5. The smallest absolute Gasteiger partial charge is 0.318 e. The molecule has 14 heavy (non-hydrogen) atoms. The third-order valence-electron chi connectivity index (χ3n) is 2.42. The van der Waals surface area contributed by atoms with Crippen LogP contribution in [-0.2, 0) is 14.9 Å². The second-order valence-corrected chi connectivity index (χ2v) is 3.91. The van der Waals surface area contributed by atoms with Crippen LogP contribution in [0.2, 0.25) is 0 Å². The van der Waals surface area contributed by atoms with Crippen molar-refractivity contribution in [3.05, 3.63) is 17.2 Å². The number of aryl methyl sites for hydroxylation is 2. The minimum absolute atomic E-state index is 0.286. The molecule has 0 unspecified atom stereocenters. The summed E-state index contributed by atoms with van der Waals surface area (Å²) < 4.78 is 4.72. The number of aromatic amines is 1. The van der Waals surface area contributed by atoms with Crippen LogP contribution in [0.1, 0.15) is 31.1 Å². The van der Waals surface area contributed by atoms with Crippen molar-refractivity contribution >= 4 is 5.97 Å². The number of rotatable bonds is 2. The quantitative estimate of drug-likeness (QED) is 0.729. The molecule has 1 aromatic rings. The van der Waals surface area contributed by atoms with Crippen LogP contribution in [0.5, 0.6) is 0 Å². The summed E-state index contributed by atoms with van der Waals surface area (Å²) in [5, 5.41) is 0. The fourth-order valence-electron chi connectivity index (χ4n) is 1.20. The third kappa shape index (κ3) is 1.64. The molecule has 0 aliphatic heterocycles. The van der Waals surface area contributed by atoms with Crippen LogP contribution in [0, 0.1) is 13.8 Å². The van der Waals surface area contributed by atoms with Gasteiger partial charge >= 0.3 is 5.97 Å². The van der Waals surface area contributed by atoms with Gasteiger partial charge in [0.25, 0.3) is 0 Å². The first kappa shape index (κ1) is 10.8. The summed E-state index contributed by atoms with van der Waals surface area (Å²) in [6, 6.07) is 0. The van der Waals surface area contributed by atoms with Crippen molar-refractivity contribution in [3.63, 3.8) is 0 Å². The van der Waals surface area contributed by atoms with E-state index >= 15 is 0 Å². The molecule has 0 saturated carbocycles. The average Bonchev–Trinajstić information content (AvgIpc) is 2.46. The molecule has 0 spiro atoms. The van der Waals surface area contributed by atoms with Gasteiger partial charge in [0, 0.05) is 5.69 Å². The van der Waals surface area contributed by atoms with Crippen LogP contribution >= 0.6 is 0 Å². The maximum absolute atomic E-state index is 11.5. The zero-order chi connectivity index (χ0) is 10.9. The Morgan fingerprint density at radius 3 is 2.36 bits per heavy atom. The summed E-state index contributed by atoms with van der Waals surface area (Å²) in [5.74, 6) is 0.366. The maximum atomic E-state index is 11.5. The highest BCUT2D eigenvalue weighted by Crippen LogP contribution is 2.22. The van der Waals surface area contributed by atoms with E-state index in [9.17, 15) is 4.79 Å². The Kier molecular flexibility index (Phi) is 2.64. The van der Waals surface area contributed by atoms with Crippen molar-refractivity contribution in [1.82, 2.24) is 9.97 Å². The molecular formula is C10H16N2O2. The van der Waals surface area contributed by atoms with Gasteiger partial charge in [-0.25, -0.2) is 4.98 Å². The lowest BCUT2D eigenvalue weighted by molar-refractivity contribution is -0.146. The van der Waals surface area contributed by atoms with E-state index in [0.29, 0.717) is 5.82 Å². The summed E-state index contributed by atoms with van der Waals surface area (Å²) in [6.07, 6.45) is 0. The average molecular weight is 196 g/mol. The number of nitrogens with zero attached hydrogens (tertiary/aromatic N) is 1. The first-order chi connectivity index (χ1) is 6.39. The predicted molar refractivity (Wildman–Crippen MR) is 53.1 cm³/mol. The van der Waals surface area contributed by atoms with Gasteiger partial charge in [-0.2, -0.15) is 0 Å². The number of hydrogen-bond acceptors (Lipinski definition) is 3. The number of H-pyrrole nitrogens is 1. The number of nitrogens with one attached hydrogen (secondary N) is 1. The van der Waals surface area contributed by atoms with Crippen LogP contribution in [0.15, 0.2) is 0 Å². The molecule has 1 heterocycles. The first-order valence-electron chi connectivity index (χ1n) is 4.51. The molecule has 4 nitrogen and oxygen atoms in total. The summed E-state index contributed by atoms with van der Waals surface area (Å²) in [7, 11) is 1.38. The van der Waals surface area contributed by atoms with Crippen molar-refractivity contribution in [2.75, 3.05) is 7.11 Å². The molecule has 0 aliphatic carbocycles. The predicted octanol–water partition coefficient (Wildman–Crippen LogP) is 1.48. The number of ether oxygens (including phenoxy) is 1. The molecule has 0 atom stereocenters. The van der Waals surface area contributed by atoms with E-state index in [4.69, 9.17) is 4.74 Å². The van der Waals surface area contributed by atoms with Crippen LogP contribution < -0.4 is 0 Å². The number of carbonyl (C=O) groups excluding carboxylic acids is 1. The highest BCUT2D eigenvalue weighted by molar-refractivity contribution is 5.80. The number of methoxy groups -OCH3 is 1. The molecule has 78 valence electrons. The van der Waals surface area contributed by atoms with Crippen molar-refractivity contribution in [3.8, 4) is 0 Å². The van der Waals surface area contributed by atoms with Crippen LogP contribution in [0.4, 0.5) is 0 Å². The lowest BCUT2D eigenvalue weighted by atomic mass is 9.93. The summed E-state index contributed by atoms with van der Waals surface area (Å²) >= 11 is 0. The van der Waals surface area contributed by atoms with Crippen LogP contribution in [0.3, 0.4) is 0 Å². The number of hydrogen-bond donors (Lipinski definition) is 1. The largest absolute Gasteiger partial charge is 0.468 e. The second-order valence-electron chi connectivity index (χ2n) is 3.91. The Morgan fingerprint density at radius 2 is 2.00 bits per heavy atom. The van der Waals surface area contributed by atoms with Crippen molar-refractivity contribution in [1.29, 1.82) is 0 Å². The zero-order valence-electron chi connectivity index (χ0n) is 9.26. The molecule has 0 bridgehead atoms. The van der Waals surface area contributed by atoms with Gasteiger partial charge in [0.2, 0.25) is 0 Å². The van der Waals surface area contributed by atoms with Gasteiger partial charge < -0.3 is 9.72 Å². The number of carbonyl (C=O) groups is 1. The van der Waals surface area contributed by atoms with E-state index in [1.54, 1.807) is 13.8 Å². The van der Waals surface area contributed by atoms with Crippen LogP contribution in [0.25, 0.3) is 0 Å². The Bertz CT molecular complexity index is 334.